The van der Waals surface area contributed by atoms with Gasteiger partial charge in [-0.25, -0.2) is 4.98 Å². The van der Waals surface area contributed by atoms with Crippen LogP contribution in [0.5, 0.6) is 0 Å². The molecule has 0 bridgehead atoms. The molecule has 0 fully saturated rings. The van der Waals surface area contributed by atoms with Gasteiger partial charge in [-0.1, -0.05) is 84.4 Å². The van der Waals surface area contributed by atoms with Crippen LogP contribution in [0.15, 0.2) is 89.3 Å². The molecule has 2 heterocycles. The lowest BCUT2D eigenvalue weighted by Crippen LogP contribution is -1.98. The van der Waals surface area contributed by atoms with Crippen molar-refractivity contribution in [1.82, 2.24) is 9.97 Å². The van der Waals surface area contributed by atoms with Crippen molar-refractivity contribution in [3.05, 3.63) is 112 Å². The molecule has 156 valence electrons. The van der Waals surface area contributed by atoms with Gasteiger partial charge in [0.2, 0.25) is 5.71 Å². The first-order valence-electron chi connectivity index (χ1n) is 9.93. The van der Waals surface area contributed by atoms with Crippen molar-refractivity contribution in [2.75, 3.05) is 0 Å². The van der Waals surface area contributed by atoms with Crippen LogP contribution in [0.25, 0.3) is 33.6 Å². The van der Waals surface area contributed by atoms with Gasteiger partial charge >= 0.3 is 0 Å². The highest BCUT2D eigenvalue weighted by molar-refractivity contribution is 6.35. The molecule has 0 amide bonds. The first-order chi connectivity index (χ1) is 15.6. The summed E-state index contributed by atoms with van der Waals surface area (Å²) in [5, 5.41) is 11.8. The topological polar surface area (TPSA) is 82.1 Å². The molecule has 0 radical (unpaired) electrons. The molecule has 0 saturated heterocycles. The highest BCUT2D eigenvalue weighted by atomic mass is 35.5. The fourth-order valence-electron chi connectivity index (χ4n) is 3.67. The number of halogens is 1. The van der Waals surface area contributed by atoms with Crippen molar-refractivity contribution in [3.63, 3.8) is 0 Å². The molecule has 0 aliphatic heterocycles. The quantitative estimate of drug-likeness (QED) is 0.172. The Balaban J connectivity index is 1.63. The van der Waals surface area contributed by atoms with Crippen LogP contribution in [-0.2, 0) is 6.42 Å². The summed E-state index contributed by atoms with van der Waals surface area (Å²) in [5.74, 6) is 1.15. The van der Waals surface area contributed by atoms with E-state index in [2.05, 4.69) is 9.97 Å². The number of rotatable bonds is 5. The SMILES string of the molecule is O=[N+]([O-])c1ccc(Cc2nc(Cl)c3c(-c4ccccc4)c(-c4ccccc4)oc3n2)cc1. The van der Waals surface area contributed by atoms with Gasteiger partial charge in [-0.15, -0.1) is 0 Å². The molecule has 0 N–H and O–H groups in total. The molecule has 0 atom stereocenters. The fraction of sp³-hybridized carbons (Fsp3) is 0.0400. The third-order valence-corrected chi connectivity index (χ3v) is 5.44. The smallest absolute Gasteiger partial charge is 0.269 e. The van der Waals surface area contributed by atoms with Crippen molar-refractivity contribution in [1.29, 1.82) is 0 Å². The summed E-state index contributed by atoms with van der Waals surface area (Å²) in [6.07, 6.45) is 0.371. The Bertz CT molecular complexity index is 1420. The van der Waals surface area contributed by atoms with Gasteiger partial charge in [-0.3, -0.25) is 10.1 Å². The molecule has 7 heteroatoms. The molecule has 3 aromatic carbocycles. The van der Waals surface area contributed by atoms with Crippen molar-refractivity contribution >= 4 is 28.4 Å². The number of benzene rings is 3. The summed E-state index contributed by atoms with van der Waals surface area (Å²) in [5.41, 5.74) is 3.99. The lowest BCUT2D eigenvalue weighted by atomic mass is 10.00. The van der Waals surface area contributed by atoms with Crippen LogP contribution in [0.4, 0.5) is 5.69 Å². The van der Waals surface area contributed by atoms with Gasteiger partial charge < -0.3 is 4.42 Å². The summed E-state index contributed by atoms with van der Waals surface area (Å²) in [6.45, 7) is 0. The standard InChI is InChI=1S/C25H16ClN3O3/c26-24-22-21(17-7-3-1-4-8-17)23(18-9-5-2-6-10-18)32-25(22)28-20(27-24)15-16-11-13-19(14-12-16)29(30)31/h1-14H,15H2. The third kappa shape index (κ3) is 3.72. The largest absolute Gasteiger partial charge is 0.437 e. The van der Waals surface area contributed by atoms with E-state index in [-0.39, 0.29) is 5.69 Å². The summed E-state index contributed by atoms with van der Waals surface area (Å²) in [4.78, 5) is 19.6. The Morgan fingerprint density at radius 3 is 2.09 bits per heavy atom. The zero-order valence-electron chi connectivity index (χ0n) is 16.7. The number of nitrogens with zero attached hydrogens (tertiary/aromatic N) is 3. The van der Waals surface area contributed by atoms with Gasteiger partial charge in [0, 0.05) is 29.7 Å². The van der Waals surface area contributed by atoms with Crippen molar-refractivity contribution in [2.24, 2.45) is 0 Å². The van der Waals surface area contributed by atoms with E-state index in [4.69, 9.17) is 16.0 Å². The van der Waals surface area contributed by atoms with Crippen LogP contribution in [-0.4, -0.2) is 14.9 Å². The summed E-state index contributed by atoms with van der Waals surface area (Å²) in [7, 11) is 0. The molecule has 2 aromatic heterocycles. The van der Waals surface area contributed by atoms with Crippen LogP contribution < -0.4 is 0 Å². The average Bonchev–Trinajstić information content (AvgIpc) is 3.21. The van der Waals surface area contributed by atoms with Crippen molar-refractivity contribution in [2.45, 2.75) is 6.42 Å². The minimum atomic E-state index is -0.428. The number of aromatic nitrogens is 2. The first kappa shape index (κ1) is 19.9. The molecule has 0 unspecified atom stereocenters. The Morgan fingerprint density at radius 1 is 0.844 bits per heavy atom. The highest BCUT2D eigenvalue weighted by Gasteiger charge is 2.22. The molecule has 5 aromatic rings. The number of non-ortho nitro benzene ring substituents is 1. The minimum Gasteiger partial charge on any atom is -0.437 e. The molecule has 0 spiro atoms. The molecule has 6 nitrogen and oxygen atoms in total. The minimum absolute atomic E-state index is 0.0363. The van der Waals surface area contributed by atoms with Crippen LogP contribution in [0.3, 0.4) is 0 Å². The van der Waals surface area contributed by atoms with E-state index < -0.39 is 4.92 Å². The number of nitro benzene ring substituents is 1. The second kappa shape index (κ2) is 8.24. The van der Waals surface area contributed by atoms with E-state index in [1.807, 2.05) is 60.7 Å². The lowest BCUT2D eigenvalue weighted by molar-refractivity contribution is -0.384. The normalized spacial score (nSPS) is 11.0. The number of fused-ring (bicyclic) bond motifs is 1. The Kier molecular flexibility index (Phi) is 5.13. The van der Waals surface area contributed by atoms with Crippen LogP contribution in [0, 0.1) is 10.1 Å². The number of furan rings is 1. The Labute approximate surface area is 188 Å². The maximum Gasteiger partial charge on any atom is 0.269 e. The number of hydrogen-bond donors (Lipinski definition) is 0. The van der Waals surface area contributed by atoms with Gasteiger partial charge in [-0.2, -0.15) is 4.98 Å². The summed E-state index contributed by atoms with van der Waals surface area (Å²) in [6, 6.07) is 26.0. The molecule has 32 heavy (non-hydrogen) atoms. The molecule has 5 rings (SSSR count). The van der Waals surface area contributed by atoms with E-state index >= 15 is 0 Å². The van der Waals surface area contributed by atoms with Crippen molar-refractivity contribution < 1.29 is 9.34 Å². The predicted molar refractivity (Wildman–Crippen MR) is 124 cm³/mol. The Hall–Kier alpha value is -4.03. The molecule has 0 aliphatic rings. The van der Waals surface area contributed by atoms with E-state index in [1.54, 1.807) is 12.1 Å². The second-order valence-corrected chi connectivity index (χ2v) is 7.61. The second-order valence-electron chi connectivity index (χ2n) is 7.25. The monoisotopic (exact) mass is 441 g/mol. The van der Waals surface area contributed by atoms with E-state index in [1.165, 1.54) is 12.1 Å². The molecule has 0 aliphatic carbocycles. The summed E-state index contributed by atoms with van der Waals surface area (Å²) >= 11 is 6.65. The zero-order chi connectivity index (χ0) is 22.1. The fourth-order valence-corrected chi connectivity index (χ4v) is 3.94. The van der Waals surface area contributed by atoms with Crippen LogP contribution >= 0.6 is 11.6 Å². The predicted octanol–water partition coefficient (Wildman–Crippen LogP) is 6.71. The maximum absolute atomic E-state index is 10.9. The van der Waals surface area contributed by atoms with E-state index in [9.17, 15) is 10.1 Å². The molecule has 0 saturated carbocycles. The van der Waals surface area contributed by atoms with Gasteiger partial charge in [0.15, 0.2) is 0 Å². The van der Waals surface area contributed by atoms with Crippen molar-refractivity contribution in [3.8, 4) is 22.5 Å². The van der Waals surface area contributed by atoms with Crippen LogP contribution in [0.1, 0.15) is 11.4 Å². The van der Waals surface area contributed by atoms with Gasteiger partial charge in [0.1, 0.15) is 16.7 Å². The lowest BCUT2D eigenvalue weighted by Gasteiger charge is -2.05. The third-order valence-electron chi connectivity index (χ3n) is 5.16. The van der Waals surface area contributed by atoms with Gasteiger partial charge in [0.05, 0.1) is 10.3 Å². The highest BCUT2D eigenvalue weighted by Crippen LogP contribution is 2.42. The first-order valence-corrected chi connectivity index (χ1v) is 10.3. The van der Waals surface area contributed by atoms with Crippen LogP contribution in [0.2, 0.25) is 5.15 Å². The maximum atomic E-state index is 10.9. The Morgan fingerprint density at radius 2 is 1.47 bits per heavy atom. The zero-order valence-corrected chi connectivity index (χ0v) is 17.5. The number of nitro groups is 1. The average molecular weight is 442 g/mol. The van der Waals surface area contributed by atoms with Gasteiger partial charge in [-0.05, 0) is 11.1 Å². The van der Waals surface area contributed by atoms with E-state index in [0.717, 1.165) is 22.3 Å². The number of hydrogen-bond acceptors (Lipinski definition) is 5. The molecular formula is C25H16ClN3O3. The summed E-state index contributed by atoms with van der Waals surface area (Å²) < 4.78 is 6.22. The van der Waals surface area contributed by atoms with Gasteiger partial charge in [0.25, 0.3) is 5.69 Å². The molecular weight excluding hydrogens is 426 g/mol. The van der Waals surface area contributed by atoms with E-state index in [0.29, 0.717) is 34.3 Å².